The summed E-state index contributed by atoms with van der Waals surface area (Å²) in [6.45, 7) is 4.41. The van der Waals surface area contributed by atoms with Crippen molar-refractivity contribution < 1.29 is 24.1 Å². The van der Waals surface area contributed by atoms with Crippen molar-refractivity contribution in [3.8, 4) is 0 Å². The third-order valence-corrected chi connectivity index (χ3v) is 2.73. The molecule has 5 atom stereocenters. The van der Waals surface area contributed by atoms with Crippen LogP contribution in [0.2, 0.25) is 0 Å². The maximum Gasteiger partial charge on any atom is 0.190 e. The molecule has 2 aliphatic rings. The van der Waals surface area contributed by atoms with E-state index in [1.54, 1.807) is 0 Å². The molecule has 2 saturated heterocycles. The number of rotatable bonds is 4. The molecule has 5 heteroatoms. The normalized spacial score (nSPS) is 44.6. The molecule has 15 heavy (non-hydrogen) atoms. The molecular weight excluding hydrogens is 200 g/mol. The van der Waals surface area contributed by atoms with Gasteiger partial charge in [-0.15, -0.1) is 0 Å². The molecule has 0 aromatic carbocycles. The second-order valence-electron chi connectivity index (χ2n) is 3.72. The van der Waals surface area contributed by atoms with E-state index in [-0.39, 0.29) is 37.5 Å². The molecule has 0 aliphatic carbocycles. The van der Waals surface area contributed by atoms with Crippen LogP contribution in [0.25, 0.3) is 0 Å². The largest absolute Gasteiger partial charge is 0.394 e. The summed E-state index contributed by atoms with van der Waals surface area (Å²) >= 11 is 0. The van der Waals surface area contributed by atoms with Crippen molar-refractivity contribution in [2.45, 2.75) is 51.2 Å². The van der Waals surface area contributed by atoms with E-state index in [0.717, 1.165) is 6.42 Å². The van der Waals surface area contributed by atoms with Gasteiger partial charge >= 0.3 is 0 Å². The van der Waals surface area contributed by atoms with Gasteiger partial charge in [-0.3, -0.25) is 0 Å². The average Bonchev–Trinajstić information content (AvgIpc) is 2.77. The molecule has 0 aromatic rings. The van der Waals surface area contributed by atoms with Gasteiger partial charge in [0.15, 0.2) is 12.6 Å². The lowest BCUT2D eigenvalue weighted by Gasteiger charge is -2.21. The summed E-state index contributed by atoms with van der Waals surface area (Å²) in [6, 6.07) is 0. The summed E-state index contributed by atoms with van der Waals surface area (Å²) in [7, 11) is 0. The molecule has 5 nitrogen and oxygen atoms in total. The van der Waals surface area contributed by atoms with Crippen molar-refractivity contribution in [2.75, 3.05) is 13.2 Å². The highest BCUT2D eigenvalue weighted by atomic mass is 16.8. The van der Waals surface area contributed by atoms with Crippen LogP contribution in [0.5, 0.6) is 0 Å². The van der Waals surface area contributed by atoms with Crippen LogP contribution in [0.4, 0.5) is 0 Å². The Labute approximate surface area is 89.3 Å². The molecule has 2 rings (SSSR count). The highest BCUT2D eigenvalue weighted by Gasteiger charge is 2.52. The lowest BCUT2D eigenvalue weighted by Crippen LogP contribution is -2.37. The van der Waals surface area contributed by atoms with Crippen LogP contribution in [0, 0.1) is 0 Å². The standard InChI is InChI=1S/C10H18O5/c1-3-7-14-9-8(12-4-2)6(5-11)13-10(9)15-7/h6-11H,3-5H2,1-2H3. The van der Waals surface area contributed by atoms with Crippen LogP contribution in [-0.2, 0) is 18.9 Å². The molecule has 2 heterocycles. The van der Waals surface area contributed by atoms with E-state index in [1.807, 2.05) is 13.8 Å². The second kappa shape index (κ2) is 4.76. The van der Waals surface area contributed by atoms with Crippen molar-refractivity contribution in [1.82, 2.24) is 0 Å². The fraction of sp³-hybridized carbons (Fsp3) is 1.00. The number of aliphatic hydroxyl groups is 1. The Morgan fingerprint density at radius 1 is 1.20 bits per heavy atom. The average molecular weight is 218 g/mol. The van der Waals surface area contributed by atoms with E-state index >= 15 is 0 Å². The fourth-order valence-corrected chi connectivity index (χ4v) is 2.04. The minimum absolute atomic E-state index is 0.0683. The highest BCUT2D eigenvalue weighted by molar-refractivity contribution is 4.91. The summed E-state index contributed by atoms with van der Waals surface area (Å²) in [5.74, 6) is 0. The molecule has 88 valence electrons. The minimum Gasteiger partial charge on any atom is -0.394 e. The van der Waals surface area contributed by atoms with Gasteiger partial charge in [0.2, 0.25) is 0 Å². The van der Waals surface area contributed by atoms with Crippen molar-refractivity contribution in [2.24, 2.45) is 0 Å². The molecule has 0 saturated carbocycles. The van der Waals surface area contributed by atoms with Gasteiger partial charge in [-0.25, -0.2) is 0 Å². The van der Waals surface area contributed by atoms with Crippen LogP contribution in [-0.4, -0.2) is 49.2 Å². The third kappa shape index (κ3) is 2.03. The summed E-state index contributed by atoms with van der Waals surface area (Å²) in [4.78, 5) is 0. The summed E-state index contributed by atoms with van der Waals surface area (Å²) in [5.41, 5.74) is 0. The van der Waals surface area contributed by atoms with Gasteiger partial charge in [0.25, 0.3) is 0 Å². The predicted molar refractivity (Wildman–Crippen MR) is 51.2 cm³/mol. The first-order chi connectivity index (χ1) is 7.30. The molecule has 0 radical (unpaired) electrons. The van der Waals surface area contributed by atoms with Gasteiger partial charge in [0, 0.05) is 6.61 Å². The first kappa shape index (κ1) is 11.3. The Kier molecular flexibility index (Phi) is 3.58. The summed E-state index contributed by atoms with van der Waals surface area (Å²) in [5, 5.41) is 9.13. The maximum atomic E-state index is 9.13. The molecule has 0 bridgehead atoms. The fourth-order valence-electron chi connectivity index (χ4n) is 2.04. The van der Waals surface area contributed by atoms with Gasteiger partial charge in [-0.2, -0.15) is 0 Å². The molecular formula is C10H18O5. The van der Waals surface area contributed by atoms with Crippen LogP contribution in [0.1, 0.15) is 20.3 Å². The number of fused-ring (bicyclic) bond motifs is 1. The highest BCUT2D eigenvalue weighted by Crippen LogP contribution is 2.34. The Morgan fingerprint density at radius 3 is 2.60 bits per heavy atom. The third-order valence-electron chi connectivity index (χ3n) is 2.73. The van der Waals surface area contributed by atoms with Crippen LogP contribution < -0.4 is 0 Å². The van der Waals surface area contributed by atoms with Gasteiger partial charge < -0.3 is 24.1 Å². The lowest BCUT2D eigenvalue weighted by molar-refractivity contribution is -0.179. The van der Waals surface area contributed by atoms with Crippen LogP contribution in [0.3, 0.4) is 0 Å². The SMILES string of the molecule is CCOC1C(CO)OC2OC(CC)OC21. The molecule has 1 N–H and O–H groups in total. The second-order valence-corrected chi connectivity index (χ2v) is 3.72. The van der Waals surface area contributed by atoms with Crippen LogP contribution in [0.15, 0.2) is 0 Å². The zero-order chi connectivity index (χ0) is 10.8. The van der Waals surface area contributed by atoms with Crippen molar-refractivity contribution in [3.05, 3.63) is 0 Å². The van der Waals surface area contributed by atoms with E-state index in [4.69, 9.17) is 24.1 Å². The number of hydrogen-bond donors (Lipinski definition) is 1. The minimum atomic E-state index is -0.386. The molecule has 2 aliphatic heterocycles. The lowest BCUT2D eigenvalue weighted by atomic mass is 10.1. The predicted octanol–water partition coefficient (Wildman–Crippen LogP) is 0.260. The smallest absolute Gasteiger partial charge is 0.190 e. The molecule has 2 fully saturated rings. The van der Waals surface area contributed by atoms with Gasteiger partial charge in [-0.05, 0) is 13.3 Å². The summed E-state index contributed by atoms with van der Waals surface area (Å²) in [6.07, 6.45) is -0.559. The number of aliphatic hydroxyl groups excluding tert-OH is 1. The maximum absolute atomic E-state index is 9.13. The Balaban J connectivity index is 2.00. The van der Waals surface area contributed by atoms with E-state index in [2.05, 4.69) is 0 Å². The molecule has 0 aromatic heterocycles. The van der Waals surface area contributed by atoms with E-state index in [9.17, 15) is 0 Å². The van der Waals surface area contributed by atoms with Gasteiger partial charge in [0.05, 0.1) is 6.61 Å². The first-order valence-corrected chi connectivity index (χ1v) is 5.49. The molecule has 0 spiro atoms. The van der Waals surface area contributed by atoms with Crippen molar-refractivity contribution >= 4 is 0 Å². The summed E-state index contributed by atoms with van der Waals surface area (Å²) < 4.78 is 22.2. The van der Waals surface area contributed by atoms with Gasteiger partial charge in [0.1, 0.15) is 18.3 Å². The zero-order valence-electron chi connectivity index (χ0n) is 9.09. The van der Waals surface area contributed by atoms with Gasteiger partial charge in [-0.1, -0.05) is 6.92 Å². The Hall–Kier alpha value is -0.200. The monoisotopic (exact) mass is 218 g/mol. The zero-order valence-corrected chi connectivity index (χ0v) is 9.09. The number of hydrogen-bond acceptors (Lipinski definition) is 5. The van der Waals surface area contributed by atoms with Crippen molar-refractivity contribution in [3.63, 3.8) is 0 Å². The number of ether oxygens (including phenoxy) is 4. The topological polar surface area (TPSA) is 57.2 Å². The molecule has 5 unspecified atom stereocenters. The van der Waals surface area contributed by atoms with E-state index < -0.39 is 0 Å². The van der Waals surface area contributed by atoms with E-state index in [1.165, 1.54) is 0 Å². The first-order valence-electron chi connectivity index (χ1n) is 5.49. The quantitative estimate of drug-likeness (QED) is 0.733. The Morgan fingerprint density at radius 2 is 2.00 bits per heavy atom. The van der Waals surface area contributed by atoms with Crippen LogP contribution >= 0.6 is 0 Å². The van der Waals surface area contributed by atoms with E-state index in [0.29, 0.717) is 6.61 Å². The van der Waals surface area contributed by atoms with Crippen molar-refractivity contribution in [1.29, 1.82) is 0 Å². The molecule has 0 amide bonds. The Bertz CT molecular complexity index is 210.